The van der Waals surface area contributed by atoms with Gasteiger partial charge in [0, 0.05) is 18.3 Å². The molecule has 196 valence electrons. The number of hydrogen-bond acceptors (Lipinski definition) is 6. The number of carbonyl (C=O) groups excluding carboxylic acids is 3. The minimum atomic E-state index is -1.18. The summed E-state index contributed by atoms with van der Waals surface area (Å²) in [5.74, 6) is -0.804. The summed E-state index contributed by atoms with van der Waals surface area (Å²) in [6, 6.07) is 9.60. The number of aryl methyl sites for hydroxylation is 1. The Hall–Kier alpha value is -3.75. The Kier molecular flexibility index (Phi) is 9.33. The number of para-hydroxylation sites is 1. The summed E-state index contributed by atoms with van der Waals surface area (Å²) in [5.41, 5.74) is 0.569. The van der Waals surface area contributed by atoms with Crippen LogP contribution in [-0.2, 0) is 14.3 Å². The summed E-state index contributed by atoms with van der Waals surface area (Å²) in [6.07, 6.45) is -0.736. The number of nitrogens with one attached hydrogen (secondary N) is 2. The van der Waals surface area contributed by atoms with Gasteiger partial charge in [0.05, 0.1) is 7.11 Å². The van der Waals surface area contributed by atoms with Crippen LogP contribution < -0.4 is 15.4 Å². The Bertz CT molecular complexity index is 1080. The molecule has 0 heterocycles. The molecule has 0 bridgehead atoms. The van der Waals surface area contributed by atoms with Crippen molar-refractivity contribution in [1.29, 1.82) is 0 Å². The molecule has 0 saturated carbocycles. The molecule has 2 atom stereocenters. The third-order valence-electron chi connectivity index (χ3n) is 5.51. The van der Waals surface area contributed by atoms with E-state index in [1.807, 2.05) is 0 Å². The Balaban J connectivity index is 2.41. The highest BCUT2D eigenvalue weighted by atomic mass is 16.6. The van der Waals surface area contributed by atoms with Crippen molar-refractivity contribution in [2.45, 2.75) is 59.2 Å². The molecular formula is C27H37N3O6. The molecule has 36 heavy (non-hydrogen) atoms. The number of rotatable bonds is 8. The third kappa shape index (κ3) is 7.37. The van der Waals surface area contributed by atoms with Crippen molar-refractivity contribution in [3.05, 3.63) is 53.6 Å². The molecule has 0 aromatic heterocycles. The maximum Gasteiger partial charge on any atom is 0.408 e. The lowest BCUT2D eigenvalue weighted by atomic mass is 9.97. The lowest BCUT2D eigenvalue weighted by Crippen LogP contribution is -2.53. The Labute approximate surface area is 212 Å². The Morgan fingerprint density at radius 3 is 2.17 bits per heavy atom. The van der Waals surface area contributed by atoms with E-state index in [-0.39, 0.29) is 17.2 Å². The molecule has 2 aromatic rings. The van der Waals surface area contributed by atoms with Gasteiger partial charge in [-0.25, -0.2) is 4.79 Å². The molecule has 0 saturated heterocycles. The lowest BCUT2D eigenvalue weighted by molar-refractivity contribution is -0.140. The van der Waals surface area contributed by atoms with Crippen LogP contribution in [0.1, 0.15) is 51.8 Å². The van der Waals surface area contributed by atoms with Gasteiger partial charge in [0.25, 0.3) is 5.91 Å². The number of methoxy groups -OCH3 is 1. The second-order valence-corrected chi connectivity index (χ2v) is 9.95. The van der Waals surface area contributed by atoms with Gasteiger partial charge in [0.1, 0.15) is 29.2 Å². The van der Waals surface area contributed by atoms with E-state index in [1.165, 1.54) is 11.9 Å². The van der Waals surface area contributed by atoms with Crippen molar-refractivity contribution >= 4 is 23.6 Å². The van der Waals surface area contributed by atoms with Crippen LogP contribution in [0, 0.1) is 12.8 Å². The number of phenols is 1. The Morgan fingerprint density at radius 1 is 1.03 bits per heavy atom. The van der Waals surface area contributed by atoms with Gasteiger partial charge in [-0.15, -0.1) is 0 Å². The van der Waals surface area contributed by atoms with Crippen LogP contribution in [0.5, 0.6) is 11.5 Å². The summed E-state index contributed by atoms with van der Waals surface area (Å²) in [4.78, 5) is 40.8. The van der Waals surface area contributed by atoms with E-state index < -0.39 is 35.6 Å². The predicted octanol–water partition coefficient (Wildman–Crippen LogP) is 4.40. The van der Waals surface area contributed by atoms with E-state index in [0.29, 0.717) is 17.0 Å². The third-order valence-corrected chi connectivity index (χ3v) is 5.51. The number of benzene rings is 2. The first-order valence-electron chi connectivity index (χ1n) is 11.7. The SMILES string of the molecule is COc1ccc(NC(=O)C(c2cccc(C)c2O)N(C)C(=O)C(NC(=O)OC(C)(C)C)C(C)C)cc1. The van der Waals surface area contributed by atoms with Crippen LogP contribution in [0.2, 0.25) is 0 Å². The maximum absolute atomic E-state index is 13.6. The number of anilines is 1. The lowest BCUT2D eigenvalue weighted by Gasteiger charge is -2.33. The summed E-state index contributed by atoms with van der Waals surface area (Å²) in [5, 5.41) is 16.2. The number of nitrogens with zero attached hydrogens (tertiary/aromatic N) is 1. The van der Waals surface area contributed by atoms with Crippen molar-refractivity contribution in [3.63, 3.8) is 0 Å². The maximum atomic E-state index is 13.6. The minimum Gasteiger partial charge on any atom is -0.507 e. The van der Waals surface area contributed by atoms with Crippen LogP contribution in [0.25, 0.3) is 0 Å². The first-order chi connectivity index (χ1) is 16.7. The summed E-state index contributed by atoms with van der Waals surface area (Å²) >= 11 is 0. The zero-order valence-corrected chi connectivity index (χ0v) is 22.2. The fraction of sp³-hybridized carbons (Fsp3) is 0.444. The van der Waals surface area contributed by atoms with E-state index in [0.717, 1.165) is 0 Å². The molecule has 3 amide bonds. The smallest absolute Gasteiger partial charge is 0.408 e. The number of alkyl carbamates (subject to hydrolysis) is 1. The number of aromatic hydroxyl groups is 1. The van der Waals surface area contributed by atoms with E-state index in [9.17, 15) is 19.5 Å². The van der Waals surface area contributed by atoms with Crippen LogP contribution in [0.3, 0.4) is 0 Å². The average Bonchev–Trinajstić information content (AvgIpc) is 2.79. The zero-order valence-electron chi connectivity index (χ0n) is 22.2. The monoisotopic (exact) mass is 499 g/mol. The molecule has 2 unspecified atom stereocenters. The molecule has 0 aliphatic carbocycles. The van der Waals surface area contributed by atoms with Gasteiger partial charge in [-0.2, -0.15) is 0 Å². The summed E-state index contributed by atoms with van der Waals surface area (Å²) in [7, 11) is 3.01. The molecular weight excluding hydrogens is 462 g/mol. The second kappa shape index (κ2) is 11.8. The zero-order chi connectivity index (χ0) is 27.2. The van der Waals surface area contributed by atoms with Crippen LogP contribution in [0.15, 0.2) is 42.5 Å². The van der Waals surface area contributed by atoms with Gasteiger partial charge in [-0.3, -0.25) is 9.59 Å². The van der Waals surface area contributed by atoms with Crippen molar-refractivity contribution in [3.8, 4) is 11.5 Å². The van der Waals surface area contributed by atoms with E-state index >= 15 is 0 Å². The van der Waals surface area contributed by atoms with Crippen molar-refractivity contribution < 1.29 is 29.0 Å². The van der Waals surface area contributed by atoms with Gasteiger partial charge in [0.15, 0.2) is 0 Å². The number of amides is 3. The molecule has 9 heteroatoms. The highest BCUT2D eigenvalue weighted by Gasteiger charge is 2.36. The number of ether oxygens (including phenoxy) is 2. The van der Waals surface area contributed by atoms with Gasteiger partial charge < -0.3 is 30.1 Å². The highest BCUT2D eigenvalue weighted by molar-refractivity contribution is 5.99. The van der Waals surface area contributed by atoms with Crippen LogP contribution in [-0.4, -0.2) is 53.7 Å². The van der Waals surface area contributed by atoms with E-state index in [2.05, 4.69) is 10.6 Å². The van der Waals surface area contributed by atoms with Crippen molar-refractivity contribution in [2.75, 3.05) is 19.5 Å². The van der Waals surface area contributed by atoms with Gasteiger partial charge >= 0.3 is 6.09 Å². The standard InChI is InChI=1S/C27H37N3O6/c1-16(2)21(29-26(34)36-27(4,5)6)25(33)30(7)22(20-11-9-10-17(3)23(20)31)24(32)28-18-12-14-19(35-8)15-13-18/h9-16,21-22,31H,1-8H3,(H,28,32)(H,29,34). The molecule has 0 fully saturated rings. The normalized spacial score (nSPS) is 12.9. The van der Waals surface area contributed by atoms with Crippen molar-refractivity contribution in [1.82, 2.24) is 10.2 Å². The molecule has 0 aliphatic rings. The molecule has 3 N–H and O–H groups in total. The largest absolute Gasteiger partial charge is 0.507 e. The minimum absolute atomic E-state index is 0.0896. The van der Waals surface area contributed by atoms with E-state index in [1.54, 1.807) is 91.1 Å². The molecule has 0 spiro atoms. The Morgan fingerprint density at radius 2 is 1.64 bits per heavy atom. The molecule has 2 aromatic carbocycles. The summed E-state index contributed by atoms with van der Waals surface area (Å²) < 4.78 is 10.5. The fourth-order valence-corrected chi connectivity index (χ4v) is 3.61. The number of phenolic OH excluding ortho intramolecular Hbond substituents is 1. The average molecular weight is 500 g/mol. The predicted molar refractivity (Wildman–Crippen MR) is 138 cm³/mol. The number of likely N-dealkylation sites (N-methyl/N-ethyl adjacent to an activating group) is 1. The number of carbonyl (C=O) groups is 3. The van der Waals surface area contributed by atoms with Crippen molar-refractivity contribution in [2.24, 2.45) is 5.92 Å². The first-order valence-corrected chi connectivity index (χ1v) is 11.7. The highest BCUT2D eigenvalue weighted by Crippen LogP contribution is 2.32. The quantitative estimate of drug-likeness (QED) is 0.496. The van der Waals surface area contributed by atoms with Crippen LogP contribution >= 0.6 is 0 Å². The summed E-state index contributed by atoms with van der Waals surface area (Å²) in [6.45, 7) is 10.5. The van der Waals surface area contributed by atoms with Gasteiger partial charge in [0.2, 0.25) is 5.91 Å². The molecule has 2 rings (SSSR count). The fourth-order valence-electron chi connectivity index (χ4n) is 3.61. The topological polar surface area (TPSA) is 117 Å². The number of hydrogen-bond donors (Lipinski definition) is 3. The van der Waals surface area contributed by atoms with Gasteiger partial charge in [-0.05, 0) is 63.4 Å². The molecule has 0 aliphatic heterocycles. The molecule has 0 radical (unpaired) electrons. The first kappa shape index (κ1) is 28.5. The van der Waals surface area contributed by atoms with Gasteiger partial charge in [-0.1, -0.05) is 32.0 Å². The second-order valence-electron chi connectivity index (χ2n) is 9.95. The van der Waals surface area contributed by atoms with Crippen LogP contribution in [0.4, 0.5) is 10.5 Å². The molecule has 9 nitrogen and oxygen atoms in total. The van der Waals surface area contributed by atoms with E-state index in [4.69, 9.17) is 9.47 Å².